The van der Waals surface area contributed by atoms with Crippen molar-refractivity contribution in [1.29, 1.82) is 0 Å². The Bertz CT molecular complexity index is 562. The van der Waals surface area contributed by atoms with E-state index >= 15 is 0 Å². The molecular weight excluding hydrogens is 238 g/mol. The maximum absolute atomic E-state index is 4.05. The summed E-state index contributed by atoms with van der Waals surface area (Å²) in [7, 11) is 1.86. The lowest BCUT2D eigenvalue weighted by atomic mass is 10.1. The van der Waals surface area contributed by atoms with Crippen LogP contribution in [0.1, 0.15) is 26.2 Å². The van der Waals surface area contributed by atoms with Crippen LogP contribution >= 0.6 is 0 Å². The van der Waals surface area contributed by atoms with Gasteiger partial charge in [-0.15, -0.1) is 5.10 Å². The summed E-state index contributed by atoms with van der Waals surface area (Å²) < 4.78 is 1.69. The Labute approximate surface area is 113 Å². The summed E-state index contributed by atoms with van der Waals surface area (Å²) in [5.74, 6) is 1.54. The van der Waals surface area contributed by atoms with Crippen molar-refractivity contribution >= 4 is 5.69 Å². The fraction of sp³-hybridized carbons (Fsp3) is 0.500. The summed E-state index contributed by atoms with van der Waals surface area (Å²) in [5.41, 5.74) is 2.20. The number of nitrogens with zero attached hydrogens (tertiary/aromatic N) is 4. The first-order valence-electron chi connectivity index (χ1n) is 6.83. The first-order valence-corrected chi connectivity index (χ1v) is 6.83. The van der Waals surface area contributed by atoms with Crippen LogP contribution < -0.4 is 5.32 Å². The second-order valence-corrected chi connectivity index (χ2v) is 5.37. The summed E-state index contributed by atoms with van der Waals surface area (Å²) >= 11 is 0. The van der Waals surface area contributed by atoms with Gasteiger partial charge in [0.15, 0.2) is 5.82 Å². The Morgan fingerprint density at radius 1 is 1.32 bits per heavy atom. The van der Waals surface area contributed by atoms with Crippen LogP contribution in [0.3, 0.4) is 0 Å². The molecule has 1 saturated carbocycles. The SMILES string of the molecule is CC1CCCC1Nc1cccc(-c2nnnn2C)c1. The highest BCUT2D eigenvalue weighted by atomic mass is 15.5. The fourth-order valence-corrected chi connectivity index (χ4v) is 2.80. The number of anilines is 1. The molecule has 1 aliphatic rings. The number of nitrogens with one attached hydrogen (secondary N) is 1. The molecule has 0 aliphatic heterocycles. The Morgan fingerprint density at radius 2 is 2.21 bits per heavy atom. The maximum Gasteiger partial charge on any atom is 0.181 e. The molecule has 5 nitrogen and oxygen atoms in total. The summed E-state index contributed by atoms with van der Waals surface area (Å²) in [6.07, 6.45) is 3.91. The van der Waals surface area contributed by atoms with Crippen LogP contribution in [0.4, 0.5) is 5.69 Å². The molecule has 0 spiro atoms. The van der Waals surface area contributed by atoms with E-state index < -0.39 is 0 Å². The summed E-state index contributed by atoms with van der Waals surface area (Å²) in [4.78, 5) is 0. The number of benzene rings is 1. The zero-order chi connectivity index (χ0) is 13.2. The van der Waals surface area contributed by atoms with Crippen molar-refractivity contribution in [3.8, 4) is 11.4 Å². The molecule has 2 atom stereocenters. The molecule has 2 unspecified atom stereocenters. The smallest absolute Gasteiger partial charge is 0.181 e. The third kappa shape index (κ3) is 2.45. The molecule has 3 rings (SSSR count). The van der Waals surface area contributed by atoms with Gasteiger partial charge in [0.05, 0.1) is 0 Å². The minimum absolute atomic E-state index is 0.591. The fourth-order valence-electron chi connectivity index (χ4n) is 2.80. The lowest BCUT2D eigenvalue weighted by molar-refractivity contribution is 0.556. The van der Waals surface area contributed by atoms with Crippen molar-refractivity contribution < 1.29 is 0 Å². The summed E-state index contributed by atoms with van der Waals surface area (Å²) in [6.45, 7) is 2.32. The first kappa shape index (κ1) is 12.1. The zero-order valence-electron chi connectivity index (χ0n) is 11.4. The van der Waals surface area contributed by atoms with E-state index in [0.717, 1.165) is 23.0 Å². The van der Waals surface area contributed by atoms with Gasteiger partial charge < -0.3 is 5.32 Å². The molecule has 100 valence electrons. The predicted molar refractivity (Wildman–Crippen MR) is 74.7 cm³/mol. The van der Waals surface area contributed by atoms with Crippen molar-refractivity contribution in [2.75, 3.05) is 5.32 Å². The maximum atomic E-state index is 4.05. The number of hydrogen-bond acceptors (Lipinski definition) is 4. The monoisotopic (exact) mass is 257 g/mol. The van der Waals surface area contributed by atoms with E-state index in [-0.39, 0.29) is 0 Å². The van der Waals surface area contributed by atoms with E-state index in [4.69, 9.17) is 0 Å². The molecule has 0 amide bonds. The van der Waals surface area contributed by atoms with Gasteiger partial charge in [-0.2, -0.15) is 0 Å². The number of aromatic nitrogens is 4. The molecule has 5 heteroatoms. The highest BCUT2D eigenvalue weighted by Gasteiger charge is 2.23. The van der Waals surface area contributed by atoms with Crippen LogP contribution in [0.2, 0.25) is 0 Å². The molecule has 1 heterocycles. The van der Waals surface area contributed by atoms with E-state index in [1.54, 1.807) is 4.68 Å². The predicted octanol–water partition coefficient (Wildman–Crippen LogP) is 2.48. The van der Waals surface area contributed by atoms with Gasteiger partial charge in [-0.25, -0.2) is 4.68 Å². The van der Waals surface area contributed by atoms with Gasteiger partial charge in [-0.3, -0.25) is 0 Å². The minimum Gasteiger partial charge on any atom is -0.382 e. The third-order valence-electron chi connectivity index (χ3n) is 3.95. The molecule has 1 aliphatic carbocycles. The standard InChI is InChI=1S/C14H19N5/c1-10-5-3-8-13(10)15-12-7-4-6-11(9-12)14-16-17-18-19(14)2/h4,6-7,9-10,13,15H,3,5,8H2,1-2H3. The van der Waals surface area contributed by atoms with Crippen molar-refractivity contribution in [2.45, 2.75) is 32.2 Å². The van der Waals surface area contributed by atoms with Crippen molar-refractivity contribution in [1.82, 2.24) is 20.2 Å². The molecule has 1 fully saturated rings. The summed E-state index contributed by atoms with van der Waals surface area (Å²) in [6, 6.07) is 8.91. The summed E-state index contributed by atoms with van der Waals surface area (Å²) in [5, 5.41) is 15.2. The van der Waals surface area contributed by atoms with E-state index in [2.05, 4.69) is 39.9 Å². The van der Waals surface area contributed by atoms with Gasteiger partial charge in [0, 0.05) is 24.3 Å². The molecule has 1 N–H and O–H groups in total. The van der Waals surface area contributed by atoms with E-state index in [1.165, 1.54) is 19.3 Å². The highest BCUT2D eigenvalue weighted by molar-refractivity contribution is 5.62. The molecule has 1 aromatic carbocycles. The normalized spacial score (nSPS) is 22.6. The average Bonchev–Trinajstić information content (AvgIpc) is 3.00. The molecule has 0 bridgehead atoms. The number of aryl methyl sites for hydroxylation is 1. The van der Waals surface area contributed by atoms with Gasteiger partial charge in [0.2, 0.25) is 0 Å². The van der Waals surface area contributed by atoms with Crippen molar-refractivity contribution in [2.24, 2.45) is 13.0 Å². The van der Waals surface area contributed by atoms with E-state index in [0.29, 0.717) is 6.04 Å². The lowest BCUT2D eigenvalue weighted by Gasteiger charge is -2.19. The molecule has 1 aromatic heterocycles. The van der Waals surface area contributed by atoms with Crippen LogP contribution in [-0.4, -0.2) is 26.2 Å². The van der Waals surface area contributed by atoms with Gasteiger partial charge >= 0.3 is 0 Å². The van der Waals surface area contributed by atoms with Crippen LogP contribution in [0.15, 0.2) is 24.3 Å². The topological polar surface area (TPSA) is 55.6 Å². The largest absolute Gasteiger partial charge is 0.382 e. The molecule has 0 radical (unpaired) electrons. The average molecular weight is 257 g/mol. The van der Waals surface area contributed by atoms with Crippen molar-refractivity contribution in [3.05, 3.63) is 24.3 Å². The van der Waals surface area contributed by atoms with Gasteiger partial charge in [0.25, 0.3) is 0 Å². The minimum atomic E-state index is 0.591. The Morgan fingerprint density at radius 3 is 2.89 bits per heavy atom. The zero-order valence-corrected chi connectivity index (χ0v) is 11.4. The molecule has 2 aromatic rings. The molecular formula is C14H19N5. The quantitative estimate of drug-likeness (QED) is 0.917. The van der Waals surface area contributed by atoms with Crippen LogP contribution in [0, 0.1) is 5.92 Å². The van der Waals surface area contributed by atoms with Crippen LogP contribution in [0.25, 0.3) is 11.4 Å². The number of rotatable bonds is 3. The number of tetrazole rings is 1. The second-order valence-electron chi connectivity index (χ2n) is 5.37. The van der Waals surface area contributed by atoms with Crippen LogP contribution in [0.5, 0.6) is 0 Å². The van der Waals surface area contributed by atoms with E-state index in [1.807, 2.05) is 19.2 Å². The Kier molecular flexibility index (Phi) is 3.19. The Hall–Kier alpha value is -1.91. The van der Waals surface area contributed by atoms with Gasteiger partial charge in [-0.1, -0.05) is 25.5 Å². The van der Waals surface area contributed by atoms with Crippen LogP contribution in [-0.2, 0) is 7.05 Å². The third-order valence-corrected chi connectivity index (χ3v) is 3.95. The second kappa shape index (κ2) is 4.99. The molecule has 19 heavy (non-hydrogen) atoms. The Balaban J connectivity index is 1.82. The van der Waals surface area contributed by atoms with Crippen molar-refractivity contribution in [3.63, 3.8) is 0 Å². The van der Waals surface area contributed by atoms with Gasteiger partial charge in [0.1, 0.15) is 0 Å². The number of hydrogen-bond donors (Lipinski definition) is 1. The first-order chi connectivity index (χ1) is 9.24. The van der Waals surface area contributed by atoms with E-state index in [9.17, 15) is 0 Å². The lowest BCUT2D eigenvalue weighted by Crippen LogP contribution is -2.21. The van der Waals surface area contributed by atoms with Gasteiger partial charge in [-0.05, 0) is 41.3 Å². The highest BCUT2D eigenvalue weighted by Crippen LogP contribution is 2.29. The molecule has 0 saturated heterocycles.